The van der Waals surface area contributed by atoms with Gasteiger partial charge in [-0.15, -0.1) is 0 Å². The molecule has 4 nitrogen and oxygen atoms in total. The molecule has 1 atom stereocenters. The molecule has 1 heterocycles. The SMILES string of the molecule is O=C(NC[C@H]1CC(=O)N(c2ccc(Cl)cc2)C1)C1CC1. The van der Waals surface area contributed by atoms with E-state index in [1.54, 1.807) is 17.0 Å². The third kappa shape index (κ3) is 2.96. The molecule has 1 aliphatic carbocycles. The highest BCUT2D eigenvalue weighted by Crippen LogP contribution is 2.29. The number of amides is 2. The zero-order valence-corrected chi connectivity index (χ0v) is 11.9. The number of carbonyl (C=O) groups excluding carboxylic acids is 2. The Morgan fingerprint density at radius 1 is 1.30 bits per heavy atom. The first-order chi connectivity index (χ1) is 9.63. The van der Waals surface area contributed by atoms with Gasteiger partial charge in [-0.2, -0.15) is 0 Å². The van der Waals surface area contributed by atoms with E-state index in [9.17, 15) is 9.59 Å². The van der Waals surface area contributed by atoms with Crippen molar-refractivity contribution in [2.24, 2.45) is 11.8 Å². The summed E-state index contributed by atoms with van der Waals surface area (Å²) in [6.07, 6.45) is 2.51. The predicted octanol–water partition coefficient (Wildman–Crippen LogP) is 2.22. The monoisotopic (exact) mass is 292 g/mol. The van der Waals surface area contributed by atoms with E-state index in [1.165, 1.54) is 0 Å². The summed E-state index contributed by atoms with van der Waals surface area (Å²) >= 11 is 5.85. The maximum atomic E-state index is 12.0. The minimum absolute atomic E-state index is 0.109. The number of carbonyl (C=O) groups is 2. The largest absolute Gasteiger partial charge is 0.356 e. The third-order valence-electron chi connectivity index (χ3n) is 3.86. The van der Waals surface area contributed by atoms with Crippen LogP contribution in [-0.4, -0.2) is 24.9 Å². The summed E-state index contributed by atoms with van der Waals surface area (Å²) in [6, 6.07) is 7.27. The van der Waals surface area contributed by atoms with Gasteiger partial charge in [0.2, 0.25) is 11.8 Å². The van der Waals surface area contributed by atoms with Crippen molar-refractivity contribution in [2.75, 3.05) is 18.0 Å². The second-order valence-electron chi connectivity index (χ2n) is 5.57. The van der Waals surface area contributed by atoms with Gasteiger partial charge in [-0.1, -0.05) is 11.6 Å². The number of hydrogen-bond acceptors (Lipinski definition) is 2. The van der Waals surface area contributed by atoms with Crippen LogP contribution in [0.25, 0.3) is 0 Å². The van der Waals surface area contributed by atoms with Gasteiger partial charge in [-0.3, -0.25) is 9.59 Å². The van der Waals surface area contributed by atoms with Crippen LogP contribution in [0.15, 0.2) is 24.3 Å². The van der Waals surface area contributed by atoms with Crippen LogP contribution in [0.3, 0.4) is 0 Å². The van der Waals surface area contributed by atoms with Crippen LogP contribution in [-0.2, 0) is 9.59 Å². The molecule has 2 fully saturated rings. The van der Waals surface area contributed by atoms with Crippen LogP contribution in [0.5, 0.6) is 0 Å². The summed E-state index contributed by atoms with van der Waals surface area (Å²) in [5.41, 5.74) is 0.871. The Bertz CT molecular complexity index is 525. The van der Waals surface area contributed by atoms with Gasteiger partial charge in [0.05, 0.1) is 0 Å². The van der Waals surface area contributed by atoms with E-state index in [1.807, 2.05) is 12.1 Å². The molecule has 1 aliphatic heterocycles. The van der Waals surface area contributed by atoms with Crippen molar-refractivity contribution < 1.29 is 9.59 Å². The van der Waals surface area contributed by atoms with E-state index in [2.05, 4.69) is 5.32 Å². The Morgan fingerprint density at radius 2 is 2.00 bits per heavy atom. The number of halogens is 1. The molecule has 3 rings (SSSR count). The van der Waals surface area contributed by atoms with Crippen LogP contribution in [0.1, 0.15) is 19.3 Å². The van der Waals surface area contributed by atoms with Crippen molar-refractivity contribution in [3.8, 4) is 0 Å². The van der Waals surface area contributed by atoms with Crippen LogP contribution in [0.2, 0.25) is 5.02 Å². The third-order valence-corrected chi connectivity index (χ3v) is 4.11. The van der Waals surface area contributed by atoms with Gasteiger partial charge in [0.25, 0.3) is 0 Å². The Hall–Kier alpha value is -1.55. The summed E-state index contributed by atoms with van der Waals surface area (Å²) in [6.45, 7) is 1.25. The average Bonchev–Trinajstić information content (AvgIpc) is 3.21. The normalized spacial score (nSPS) is 22.1. The molecule has 1 N–H and O–H groups in total. The van der Waals surface area contributed by atoms with E-state index in [4.69, 9.17) is 11.6 Å². The van der Waals surface area contributed by atoms with E-state index in [0.717, 1.165) is 18.5 Å². The fraction of sp³-hybridized carbons (Fsp3) is 0.467. The number of nitrogens with one attached hydrogen (secondary N) is 1. The molecule has 0 aromatic heterocycles. The molecule has 2 amide bonds. The maximum Gasteiger partial charge on any atom is 0.227 e. The van der Waals surface area contributed by atoms with Gasteiger partial charge < -0.3 is 10.2 Å². The van der Waals surface area contributed by atoms with E-state index < -0.39 is 0 Å². The molecule has 5 heteroatoms. The van der Waals surface area contributed by atoms with Crippen molar-refractivity contribution in [3.63, 3.8) is 0 Å². The smallest absolute Gasteiger partial charge is 0.227 e. The number of hydrogen-bond donors (Lipinski definition) is 1. The predicted molar refractivity (Wildman–Crippen MR) is 77.6 cm³/mol. The highest BCUT2D eigenvalue weighted by Gasteiger charge is 2.33. The number of anilines is 1. The van der Waals surface area contributed by atoms with Gasteiger partial charge in [0.15, 0.2) is 0 Å². The summed E-state index contributed by atoms with van der Waals surface area (Å²) in [4.78, 5) is 25.4. The fourth-order valence-corrected chi connectivity index (χ4v) is 2.65. The first-order valence-electron chi connectivity index (χ1n) is 6.97. The summed E-state index contributed by atoms with van der Waals surface area (Å²) in [5.74, 6) is 0.667. The molecule has 0 bridgehead atoms. The number of nitrogens with zero attached hydrogens (tertiary/aromatic N) is 1. The zero-order chi connectivity index (χ0) is 14.1. The average molecular weight is 293 g/mol. The van der Waals surface area contributed by atoms with Crippen molar-refractivity contribution in [1.82, 2.24) is 5.32 Å². The van der Waals surface area contributed by atoms with Gasteiger partial charge in [-0.25, -0.2) is 0 Å². The van der Waals surface area contributed by atoms with Crippen LogP contribution in [0.4, 0.5) is 5.69 Å². The standard InChI is InChI=1S/C15H17ClN2O2/c16-12-3-5-13(6-4-12)18-9-10(7-14(18)19)8-17-15(20)11-1-2-11/h3-6,10-11H,1-2,7-9H2,(H,17,20)/t10-/m1/s1. The van der Waals surface area contributed by atoms with Crippen molar-refractivity contribution in [3.05, 3.63) is 29.3 Å². The first-order valence-corrected chi connectivity index (χ1v) is 7.35. The molecular weight excluding hydrogens is 276 g/mol. The lowest BCUT2D eigenvalue weighted by atomic mass is 10.1. The topological polar surface area (TPSA) is 49.4 Å². The highest BCUT2D eigenvalue weighted by molar-refractivity contribution is 6.30. The minimum Gasteiger partial charge on any atom is -0.356 e. The molecule has 20 heavy (non-hydrogen) atoms. The lowest BCUT2D eigenvalue weighted by Gasteiger charge is -2.17. The van der Waals surface area contributed by atoms with Crippen molar-refractivity contribution >= 4 is 29.1 Å². The summed E-state index contributed by atoms with van der Waals surface area (Å²) in [5, 5.41) is 3.61. The maximum absolute atomic E-state index is 12.0. The van der Waals surface area contributed by atoms with Crippen LogP contribution >= 0.6 is 11.6 Å². The van der Waals surface area contributed by atoms with E-state index >= 15 is 0 Å². The lowest BCUT2D eigenvalue weighted by molar-refractivity contribution is -0.122. The molecule has 2 aliphatic rings. The van der Waals surface area contributed by atoms with Crippen LogP contribution < -0.4 is 10.2 Å². The molecule has 106 valence electrons. The molecular formula is C15H17ClN2O2. The molecule has 0 radical (unpaired) electrons. The lowest BCUT2D eigenvalue weighted by Crippen LogP contribution is -2.32. The van der Waals surface area contributed by atoms with Gasteiger partial charge >= 0.3 is 0 Å². The molecule has 0 spiro atoms. The second-order valence-corrected chi connectivity index (χ2v) is 6.01. The van der Waals surface area contributed by atoms with E-state index in [-0.39, 0.29) is 23.7 Å². The second kappa shape index (κ2) is 5.44. The molecule has 1 aromatic rings. The minimum atomic E-state index is 0.109. The molecule has 1 aromatic carbocycles. The van der Waals surface area contributed by atoms with Gasteiger partial charge in [0, 0.05) is 42.1 Å². The molecule has 0 unspecified atom stereocenters. The Balaban J connectivity index is 1.57. The van der Waals surface area contributed by atoms with Gasteiger partial charge in [-0.05, 0) is 37.1 Å². The van der Waals surface area contributed by atoms with Crippen molar-refractivity contribution in [2.45, 2.75) is 19.3 Å². The van der Waals surface area contributed by atoms with Crippen molar-refractivity contribution in [1.29, 1.82) is 0 Å². The molecule has 1 saturated carbocycles. The summed E-state index contributed by atoms with van der Waals surface area (Å²) < 4.78 is 0. The van der Waals surface area contributed by atoms with Gasteiger partial charge in [0.1, 0.15) is 0 Å². The first kappa shape index (κ1) is 13.4. The summed E-state index contributed by atoms with van der Waals surface area (Å²) in [7, 11) is 0. The number of rotatable bonds is 4. The highest BCUT2D eigenvalue weighted by atomic mass is 35.5. The van der Waals surface area contributed by atoms with E-state index in [0.29, 0.717) is 24.5 Å². The molecule has 1 saturated heterocycles. The Morgan fingerprint density at radius 3 is 2.65 bits per heavy atom. The Kier molecular flexibility index (Phi) is 3.66. The number of benzene rings is 1. The fourth-order valence-electron chi connectivity index (χ4n) is 2.52. The Labute approximate surface area is 123 Å². The zero-order valence-electron chi connectivity index (χ0n) is 11.1. The van der Waals surface area contributed by atoms with Crippen LogP contribution in [0, 0.1) is 11.8 Å². The quantitative estimate of drug-likeness (QED) is 0.925.